The lowest BCUT2D eigenvalue weighted by atomic mass is 10.1. The zero-order chi connectivity index (χ0) is 15.9. The van der Waals surface area contributed by atoms with Crippen molar-refractivity contribution in [1.29, 1.82) is 0 Å². The van der Waals surface area contributed by atoms with Gasteiger partial charge < -0.3 is 4.74 Å². The molecule has 0 bridgehead atoms. The van der Waals surface area contributed by atoms with Gasteiger partial charge in [0.2, 0.25) is 0 Å². The first-order valence-corrected chi connectivity index (χ1v) is 6.80. The Bertz CT molecular complexity index is 705. The standard InChI is InChI=1S/C17H15NO4/c1-2-22-16-9-6-13(7-10-16)8-11-17(19)14-4-3-5-15(12-14)18(20)21/h3-12H,2H2,1H3. The molecule has 0 saturated heterocycles. The van der Waals surface area contributed by atoms with Crippen LogP contribution in [0.1, 0.15) is 22.8 Å². The lowest BCUT2D eigenvalue weighted by molar-refractivity contribution is -0.384. The monoisotopic (exact) mass is 297 g/mol. The highest BCUT2D eigenvalue weighted by Crippen LogP contribution is 2.16. The van der Waals surface area contributed by atoms with E-state index in [2.05, 4.69) is 0 Å². The molecule has 0 atom stereocenters. The van der Waals surface area contributed by atoms with Crippen LogP contribution in [0.15, 0.2) is 54.6 Å². The summed E-state index contributed by atoms with van der Waals surface area (Å²) in [5.41, 5.74) is 1.04. The van der Waals surface area contributed by atoms with Crippen LogP contribution in [0.4, 0.5) is 5.69 Å². The van der Waals surface area contributed by atoms with Crippen LogP contribution in [0, 0.1) is 10.1 Å². The molecule has 0 fully saturated rings. The van der Waals surface area contributed by atoms with Crippen molar-refractivity contribution in [3.63, 3.8) is 0 Å². The highest BCUT2D eigenvalue weighted by Gasteiger charge is 2.09. The summed E-state index contributed by atoms with van der Waals surface area (Å²) < 4.78 is 5.34. The van der Waals surface area contributed by atoms with Crippen LogP contribution in [-0.2, 0) is 0 Å². The van der Waals surface area contributed by atoms with Crippen molar-refractivity contribution < 1.29 is 14.5 Å². The van der Waals surface area contributed by atoms with E-state index in [4.69, 9.17) is 4.74 Å². The van der Waals surface area contributed by atoms with Crippen LogP contribution in [0.25, 0.3) is 6.08 Å². The van der Waals surface area contributed by atoms with Crippen LogP contribution >= 0.6 is 0 Å². The Morgan fingerprint density at radius 3 is 2.59 bits per heavy atom. The fraction of sp³-hybridized carbons (Fsp3) is 0.118. The van der Waals surface area contributed by atoms with E-state index in [1.165, 1.54) is 24.3 Å². The van der Waals surface area contributed by atoms with E-state index in [1.807, 2.05) is 31.2 Å². The molecule has 0 aromatic heterocycles. The number of non-ortho nitro benzene ring substituents is 1. The Morgan fingerprint density at radius 1 is 1.23 bits per heavy atom. The SMILES string of the molecule is CCOc1ccc(C=CC(=O)c2cccc([N+](=O)[O-])c2)cc1. The van der Waals surface area contributed by atoms with Gasteiger partial charge >= 0.3 is 0 Å². The molecule has 0 spiro atoms. The van der Waals surface area contributed by atoms with E-state index < -0.39 is 4.92 Å². The molecule has 0 aliphatic carbocycles. The van der Waals surface area contributed by atoms with Crippen molar-refractivity contribution in [1.82, 2.24) is 0 Å². The van der Waals surface area contributed by atoms with Crippen LogP contribution < -0.4 is 4.74 Å². The molecule has 0 saturated carbocycles. The number of carbonyl (C=O) groups is 1. The molecular formula is C17H15NO4. The van der Waals surface area contributed by atoms with Gasteiger partial charge in [-0.3, -0.25) is 14.9 Å². The number of nitrogens with zero attached hydrogens (tertiary/aromatic N) is 1. The largest absolute Gasteiger partial charge is 0.494 e. The molecule has 5 nitrogen and oxygen atoms in total. The quantitative estimate of drug-likeness (QED) is 0.351. The lowest BCUT2D eigenvalue weighted by Crippen LogP contribution is -1.96. The van der Waals surface area contributed by atoms with Gasteiger partial charge in [-0.15, -0.1) is 0 Å². The van der Waals surface area contributed by atoms with Crippen molar-refractivity contribution in [3.8, 4) is 5.75 Å². The van der Waals surface area contributed by atoms with Crippen molar-refractivity contribution in [2.24, 2.45) is 0 Å². The predicted octanol–water partition coefficient (Wildman–Crippen LogP) is 3.89. The van der Waals surface area contributed by atoms with Crippen LogP contribution in [-0.4, -0.2) is 17.3 Å². The number of rotatable bonds is 6. The fourth-order valence-electron chi connectivity index (χ4n) is 1.88. The molecule has 0 amide bonds. The van der Waals surface area contributed by atoms with E-state index in [-0.39, 0.29) is 17.0 Å². The Kier molecular flexibility index (Phi) is 5.03. The first-order valence-electron chi connectivity index (χ1n) is 6.80. The van der Waals surface area contributed by atoms with Gasteiger partial charge in [-0.2, -0.15) is 0 Å². The minimum Gasteiger partial charge on any atom is -0.494 e. The highest BCUT2D eigenvalue weighted by molar-refractivity contribution is 6.07. The maximum atomic E-state index is 12.0. The number of nitro groups is 1. The number of carbonyl (C=O) groups excluding carboxylic acids is 1. The third-order valence-corrected chi connectivity index (χ3v) is 2.96. The van der Waals surface area contributed by atoms with Crippen LogP contribution in [0.2, 0.25) is 0 Å². The maximum absolute atomic E-state index is 12.0. The number of hydrogen-bond donors (Lipinski definition) is 0. The topological polar surface area (TPSA) is 69.4 Å². The first-order chi connectivity index (χ1) is 10.6. The number of allylic oxidation sites excluding steroid dienone is 1. The summed E-state index contributed by atoms with van der Waals surface area (Å²) in [6, 6.07) is 13.0. The average Bonchev–Trinajstić information content (AvgIpc) is 2.54. The third kappa shape index (κ3) is 4.02. The minimum atomic E-state index is -0.521. The summed E-state index contributed by atoms with van der Waals surface area (Å²) >= 11 is 0. The molecule has 2 aromatic carbocycles. The van der Waals surface area contributed by atoms with Gasteiger partial charge in [-0.1, -0.05) is 30.3 Å². The second-order valence-electron chi connectivity index (χ2n) is 4.51. The van der Waals surface area contributed by atoms with Gasteiger partial charge in [0.05, 0.1) is 11.5 Å². The zero-order valence-corrected chi connectivity index (χ0v) is 12.1. The normalized spacial score (nSPS) is 10.6. The number of nitro benzene ring substituents is 1. The Balaban J connectivity index is 2.10. The van der Waals surface area contributed by atoms with Crippen molar-refractivity contribution in [3.05, 3.63) is 75.8 Å². The summed E-state index contributed by atoms with van der Waals surface area (Å²) in [4.78, 5) is 22.2. The molecule has 22 heavy (non-hydrogen) atoms. The van der Waals surface area contributed by atoms with Crippen molar-refractivity contribution in [2.75, 3.05) is 6.61 Å². The fourth-order valence-corrected chi connectivity index (χ4v) is 1.88. The maximum Gasteiger partial charge on any atom is 0.270 e. The summed E-state index contributed by atoms with van der Waals surface area (Å²) in [5, 5.41) is 10.7. The number of benzene rings is 2. The molecule has 5 heteroatoms. The Morgan fingerprint density at radius 2 is 1.95 bits per heavy atom. The molecule has 0 unspecified atom stereocenters. The van der Waals surface area contributed by atoms with Crippen LogP contribution in [0.3, 0.4) is 0 Å². The van der Waals surface area contributed by atoms with Gasteiger partial charge in [-0.05, 0) is 30.7 Å². The first kappa shape index (κ1) is 15.4. The highest BCUT2D eigenvalue weighted by atomic mass is 16.6. The molecule has 2 rings (SSSR count). The van der Waals surface area contributed by atoms with Gasteiger partial charge in [0.25, 0.3) is 5.69 Å². The second-order valence-corrected chi connectivity index (χ2v) is 4.51. The van der Waals surface area contributed by atoms with Crippen molar-refractivity contribution in [2.45, 2.75) is 6.92 Å². The molecule has 0 aliphatic heterocycles. The molecular weight excluding hydrogens is 282 g/mol. The van der Waals surface area contributed by atoms with Gasteiger partial charge in [-0.25, -0.2) is 0 Å². The van der Waals surface area contributed by atoms with Gasteiger partial charge in [0, 0.05) is 17.7 Å². The number of ether oxygens (including phenoxy) is 1. The van der Waals surface area contributed by atoms with E-state index in [9.17, 15) is 14.9 Å². The second kappa shape index (κ2) is 7.17. The third-order valence-electron chi connectivity index (χ3n) is 2.96. The lowest BCUT2D eigenvalue weighted by Gasteiger charge is -2.02. The minimum absolute atomic E-state index is 0.0969. The van der Waals surface area contributed by atoms with E-state index >= 15 is 0 Å². The smallest absolute Gasteiger partial charge is 0.270 e. The molecule has 112 valence electrons. The summed E-state index contributed by atoms with van der Waals surface area (Å²) in [6.07, 6.45) is 3.06. The molecule has 0 radical (unpaired) electrons. The Labute approximate surface area is 128 Å². The number of hydrogen-bond acceptors (Lipinski definition) is 4. The Hall–Kier alpha value is -2.95. The molecule has 0 heterocycles. The zero-order valence-electron chi connectivity index (χ0n) is 12.1. The van der Waals surface area contributed by atoms with Gasteiger partial charge in [0.1, 0.15) is 5.75 Å². The van der Waals surface area contributed by atoms with Crippen LogP contribution in [0.5, 0.6) is 5.75 Å². The van der Waals surface area contributed by atoms with E-state index in [0.29, 0.717) is 6.61 Å². The summed E-state index contributed by atoms with van der Waals surface area (Å²) in [5.74, 6) is 0.488. The van der Waals surface area contributed by atoms with E-state index in [1.54, 1.807) is 12.1 Å². The summed E-state index contributed by atoms with van der Waals surface area (Å²) in [7, 11) is 0. The molecule has 0 N–H and O–H groups in total. The molecule has 0 aliphatic rings. The van der Waals surface area contributed by atoms with E-state index in [0.717, 1.165) is 11.3 Å². The average molecular weight is 297 g/mol. The molecule has 2 aromatic rings. The number of ketones is 1. The summed E-state index contributed by atoms with van der Waals surface area (Å²) in [6.45, 7) is 2.51. The predicted molar refractivity (Wildman–Crippen MR) is 84.1 cm³/mol. The van der Waals surface area contributed by atoms with Crippen molar-refractivity contribution >= 4 is 17.5 Å². The van der Waals surface area contributed by atoms with Gasteiger partial charge in [0.15, 0.2) is 5.78 Å².